The number of fused-ring (bicyclic) bond motifs is 3. The lowest BCUT2D eigenvalue weighted by Gasteiger charge is -2.14. The second-order valence-corrected chi connectivity index (χ2v) is 7.42. The minimum atomic E-state index is -2.89. The van der Waals surface area contributed by atoms with Crippen LogP contribution >= 0.6 is 0 Å². The summed E-state index contributed by atoms with van der Waals surface area (Å²) in [6, 6.07) is 6.80. The molecule has 0 N–H and O–H groups in total. The number of hydrogen-bond acceptors (Lipinski definition) is 1. The van der Waals surface area contributed by atoms with E-state index in [1.165, 1.54) is 0 Å². The van der Waals surface area contributed by atoms with E-state index in [0.29, 0.717) is 22.4 Å². The smallest absolute Gasteiger partial charge is 0.216 e. The molecule has 4 rings (SSSR count). The molecular formula is C26H27N2O+. The van der Waals surface area contributed by atoms with Gasteiger partial charge < -0.3 is 4.42 Å². The summed E-state index contributed by atoms with van der Waals surface area (Å²) in [5, 5.41) is 1.49. The summed E-state index contributed by atoms with van der Waals surface area (Å²) in [5.74, 6) is -2.36. The Morgan fingerprint density at radius 3 is 2.69 bits per heavy atom. The Morgan fingerprint density at radius 2 is 2.00 bits per heavy atom. The van der Waals surface area contributed by atoms with E-state index in [1.807, 2.05) is 26.0 Å². The number of pyridine rings is 1. The summed E-state index contributed by atoms with van der Waals surface area (Å²) in [7, 11) is 1.63. The van der Waals surface area contributed by atoms with Crippen LogP contribution in [0.3, 0.4) is 0 Å². The molecule has 0 amide bonds. The third-order valence-electron chi connectivity index (χ3n) is 5.67. The lowest BCUT2D eigenvalue weighted by Crippen LogP contribution is -2.36. The van der Waals surface area contributed by atoms with Crippen LogP contribution in [0.4, 0.5) is 5.69 Å². The van der Waals surface area contributed by atoms with Crippen LogP contribution in [0.1, 0.15) is 58.6 Å². The summed E-state index contributed by atoms with van der Waals surface area (Å²) in [6.07, 6.45) is 0. The first kappa shape index (κ1) is 11.8. The number of aryl methyl sites for hydroxylation is 2. The molecular weight excluding hydrogens is 356 g/mol. The van der Waals surface area contributed by atoms with Crippen LogP contribution in [0.15, 0.2) is 34.7 Å². The van der Waals surface area contributed by atoms with E-state index >= 15 is 0 Å². The van der Waals surface area contributed by atoms with Crippen molar-refractivity contribution in [2.24, 2.45) is 7.05 Å². The number of furan rings is 1. The highest BCUT2D eigenvalue weighted by molar-refractivity contribution is 6.12. The molecule has 146 valence electrons. The van der Waals surface area contributed by atoms with Crippen molar-refractivity contribution in [2.75, 3.05) is 0 Å². The van der Waals surface area contributed by atoms with Gasteiger partial charge in [0.2, 0.25) is 5.69 Å². The number of rotatable bonds is 2. The average Bonchev–Trinajstić information content (AvgIpc) is 3.15. The van der Waals surface area contributed by atoms with Crippen molar-refractivity contribution in [3.63, 3.8) is 0 Å². The molecule has 0 fully saturated rings. The predicted octanol–water partition coefficient (Wildman–Crippen LogP) is 6.99. The van der Waals surface area contributed by atoms with Gasteiger partial charge in [0.1, 0.15) is 18.2 Å². The van der Waals surface area contributed by atoms with Gasteiger partial charge in [0, 0.05) is 38.9 Å². The van der Waals surface area contributed by atoms with Crippen LogP contribution in [-0.4, -0.2) is 0 Å². The Hall–Kier alpha value is -3.12. The fourth-order valence-electron chi connectivity index (χ4n) is 3.90. The second kappa shape index (κ2) is 6.74. The van der Waals surface area contributed by atoms with Crippen LogP contribution < -0.4 is 4.57 Å². The molecule has 2 heterocycles. The first-order valence-electron chi connectivity index (χ1n) is 13.3. The third kappa shape index (κ3) is 2.75. The standard InChI is InChI=1S/C26H27N2O/c1-14(2)20-13-22(28(8)18(6)16(20)4)24-15(3)9-10-19-25-17(5)21(27-7)11-12-23(25)29-26(19)24/h9-14H,1-6,8H3/q+1/i1D3,4D3,13D,14D. The Labute approximate surface area is 183 Å². The van der Waals surface area contributed by atoms with Gasteiger partial charge in [-0.2, -0.15) is 4.57 Å². The molecule has 0 saturated carbocycles. The molecule has 2 aromatic heterocycles. The van der Waals surface area contributed by atoms with Crippen molar-refractivity contribution >= 4 is 27.6 Å². The molecule has 0 spiro atoms. The fourth-order valence-corrected chi connectivity index (χ4v) is 3.90. The summed E-state index contributed by atoms with van der Waals surface area (Å²) in [4.78, 5) is 3.59. The number of nitrogens with zero attached hydrogens (tertiary/aromatic N) is 2. The Kier molecular flexibility index (Phi) is 2.74. The molecule has 0 bridgehead atoms. The van der Waals surface area contributed by atoms with Gasteiger partial charge in [0.25, 0.3) is 0 Å². The molecule has 29 heavy (non-hydrogen) atoms. The molecule has 4 aromatic rings. The van der Waals surface area contributed by atoms with Crippen LogP contribution in [0.5, 0.6) is 0 Å². The van der Waals surface area contributed by atoms with Gasteiger partial charge in [-0.05, 0) is 49.4 Å². The SMILES string of the molecule is [2H]c1c(C([2H])(C)C([2H])([2H])[2H])c(C([2H])([2H])[2H])c(C)[n+](C)c1-c1c(C)ccc2c1oc1ccc([N+]#[C-])c(C)c12. The number of aromatic nitrogens is 1. The molecule has 0 aliphatic heterocycles. The van der Waals surface area contributed by atoms with E-state index in [0.717, 1.165) is 28.8 Å². The summed E-state index contributed by atoms with van der Waals surface area (Å²) in [5.41, 5.74) is 3.33. The minimum Gasteiger partial charge on any atom is -0.455 e. The maximum Gasteiger partial charge on any atom is 0.216 e. The third-order valence-corrected chi connectivity index (χ3v) is 5.67. The molecule has 1 unspecified atom stereocenters. The topological polar surface area (TPSA) is 21.4 Å². The molecule has 0 aliphatic carbocycles. The zero-order chi connectivity index (χ0) is 27.8. The van der Waals surface area contributed by atoms with Gasteiger partial charge in [-0.15, -0.1) is 0 Å². The van der Waals surface area contributed by atoms with Gasteiger partial charge in [-0.25, -0.2) is 4.85 Å². The number of hydrogen-bond donors (Lipinski definition) is 0. The van der Waals surface area contributed by atoms with E-state index in [-0.39, 0.29) is 28.6 Å². The Morgan fingerprint density at radius 1 is 1.21 bits per heavy atom. The average molecular weight is 392 g/mol. The molecule has 3 heteroatoms. The first-order valence-corrected chi connectivity index (χ1v) is 9.32. The summed E-state index contributed by atoms with van der Waals surface area (Å²) < 4.78 is 74.2. The molecule has 3 nitrogen and oxygen atoms in total. The maximum absolute atomic E-state index is 9.17. The summed E-state index contributed by atoms with van der Waals surface area (Å²) >= 11 is 0. The highest BCUT2D eigenvalue weighted by Gasteiger charge is 2.25. The molecule has 2 aromatic carbocycles. The molecule has 0 saturated heterocycles. The minimum absolute atomic E-state index is 0.239. The van der Waals surface area contributed by atoms with Crippen LogP contribution in [0.25, 0.3) is 38.0 Å². The van der Waals surface area contributed by atoms with E-state index in [4.69, 9.17) is 22.0 Å². The Balaban J connectivity index is 2.25. The van der Waals surface area contributed by atoms with Crippen molar-refractivity contribution in [1.82, 2.24) is 0 Å². The van der Waals surface area contributed by atoms with Crippen molar-refractivity contribution in [3.8, 4) is 11.3 Å². The van der Waals surface area contributed by atoms with Crippen molar-refractivity contribution < 1.29 is 20.0 Å². The monoisotopic (exact) mass is 391 g/mol. The second-order valence-electron chi connectivity index (χ2n) is 7.42. The van der Waals surface area contributed by atoms with Crippen molar-refractivity contribution in [1.29, 1.82) is 0 Å². The predicted molar refractivity (Wildman–Crippen MR) is 120 cm³/mol. The zero-order valence-electron chi connectivity index (χ0n) is 25.1. The maximum atomic E-state index is 9.17. The van der Waals surface area contributed by atoms with Gasteiger partial charge in [-0.3, -0.25) is 0 Å². The number of benzene rings is 2. The largest absolute Gasteiger partial charge is 0.455 e. The first-order chi connectivity index (χ1) is 16.9. The quantitative estimate of drug-likeness (QED) is 0.267. The fraction of sp³-hybridized carbons (Fsp3) is 0.308. The zero-order valence-corrected chi connectivity index (χ0v) is 17.1. The molecule has 0 radical (unpaired) electrons. The van der Waals surface area contributed by atoms with E-state index in [9.17, 15) is 0 Å². The van der Waals surface area contributed by atoms with Gasteiger partial charge in [0.15, 0.2) is 11.4 Å². The summed E-state index contributed by atoms with van der Waals surface area (Å²) in [6.45, 7) is 8.20. The van der Waals surface area contributed by atoms with E-state index in [2.05, 4.69) is 4.85 Å². The normalized spacial score (nSPS) is 18.5. The highest BCUT2D eigenvalue weighted by Crippen LogP contribution is 2.41. The van der Waals surface area contributed by atoms with Gasteiger partial charge in [-0.1, -0.05) is 32.0 Å². The van der Waals surface area contributed by atoms with Crippen LogP contribution in [0.2, 0.25) is 0 Å². The molecule has 1 atom stereocenters. The lowest BCUT2D eigenvalue weighted by molar-refractivity contribution is -0.667. The van der Waals surface area contributed by atoms with Crippen LogP contribution in [0, 0.1) is 34.2 Å². The van der Waals surface area contributed by atoms with Gasteiger partial charge >= 0.3 is 0 Å². The van der Waals surface area contributed by atoms with Gasteiger partial charge in [0.05, 0.1) is 13.5 Å². The van der Waals surface area contributed by atoms with Crippen LogP contribution in [-0.2, 0) is 7.05 Å². The lowest BCUT2D eigenvalue weighted by atomic mass is 9.92. The van der Waals surface area contributed by atoms with E-state index < -0.39 is 19.6 Å². The highest BCUT2D eigenvalue weighted by atomic mass is 16.3. The van der Waals surface area contributed by atoms with E-state index in [1.54, 1.807) is 30.7 Å². The Bertz CT molecular complexity index is 1640. The molecule has 0 aliphatic rings. The van der Waals surface area contributed by atoms with Crippen molar-refractivity contribution in [3.05, 3.63) is 69.7 Å². The van der Waals surface area contributed by atoms with Crippen molar-refractivity contribution in [2.45, 2.75) is 47.3 Å².